The molecule has 0 aliphatic carbocycles. The number of piperazine rings is 1. The molecule has 1 fully saturated rings. The third kappa shape index (κ3) is 4.51. The van der Waals surface area contributed by atoms with Crippen LogP contribution in [0.1, 0.15) is 51.3 Å². The average Bonchev–Trinajstić information content (AvgIpc) is 2.67. The van der Waals surface area contributed by atoms with Crippen LogP contribution in [0.5, 0.6) is 0 Å². The number of aryl methyl sites for hydroxylation is 1. The van der Waals surface area contributed by atoms with Crippen molar-refractivity contribution in [3.8, 4) is 11.4 Å². The summed E-state index contributed by atoms with van der Waals surface area (Å²) in [5, 5.41) is 0. The lowest BCUT2D eigenvalue weighted by Crippen LogP contribution is -2.49. The van der Waals surface area contributed by atoms with Gasteiger partial charge in [0.2, 0.25) is 5.91 Å². The first-order valence-electron chi connectivity index (χ1n) is 10.3. The van der Waals surface area contributed by atoms with Crippen molar-refractivity contribution in [3.05, 3.63) is 41.6 Å². The van der Waals surface area contributed by atoms with Crippen molar-refractivity contribution in [2.75, 3.05) is 31.1 Å². The van der Waals surface area contributed by atoms with Gasteiger partial charge in [0, 0.05) is 49.4 Å². The second-order valence-electron chi connectivity index (χ2n) is 8.36. The lowest BCUT2D eigenvalue weighted by Gasteiger charge is -2.37. The van der Waals surface area contributed by atoms with Crippen molar-refractivity contribution >= 4 is 11.7 Å². The van der Waals surface area contributed by atoms with Crippen molar-refractivity contribution in [3.63, 3.8) is 0 Å². The van der Waals surface area contributed by atoms with Gasteiger partial charge < -0.3 is 9.80 Å². The highest BCUT2D eigenvalue weighted by Crippen LogP contribution is 2.31. The van der Waals surface area contributed by atoms with E-state index < -0.39 is 0 Å². The molecule has 1 aromatic heterocycles. The Morgan fingerprint density at radius 3 is 2.21 bits per heavy atom. The number of carbonyl (C=O) groups excluding carboxylic acids is 1. The first-order chi connectivity index (χ1) is 13.4. The number of benzene rings is 1. The largest absolute Gasteiger partial charge is 0.353 e. The summed E-state index contributed by atoms with van der Waals surface area (Å²) in [4.78, 5) is 26.5. The summed E-state index contributed by atoms with van der Waals surface area (Å²) in [6.45, 7) is 13.8. The molecule has 5 nitrogen and oxygen atoms in total. The van der Waals surface area contributed by atoms with Gasteiger partial charge in [0.15, 0.2) is 5.82 Å². The zero-order valence-corrected chi connectivity index (χ0v) is 17.8. The minimum Gasteiger partial charge on any atom is -0.353 e. The van der Waals surface area contributed by atoms with E-state index in [1.54, 1.807) is 0 Å². The van der Waals surface area contributed by atoms with E-state index in [2.05, 4.69) is 51.7 Å². The van der Waals surface area contributed by atoms with E-state index in [1.165, 1.54) is 5.56 Å². The second-order valence-corrected chi connectivity index (χ2v) is 8.36. The maximum atomic E-state index is 12.4. The van der Waals surface area contributed by atoms with E-state index >= 15 is 0 Å². The zero-order valence-electron chi connectivity index (χ0n) is 17.8. The van der Waals surface area contributed by atoms with Crippen LogP contribution in [-0.4, -0.2) is 47.0 Å². The molecule has 0 radical (unpaired) electrons. The van der Waals surface area contributed by atoms with Crippen LogP contribution in [0.25, 0.3) is 11.4 Å². The summed E-state index contributed by atoms with van der Waals surface area (Å²) < 4.78 is 0. The van der Waals surface area contributed by atoms with Crippen molar-refractivity contribution in [2.45, 2.75) is 47.0 Å². The van der Waals surface area contributed by atoms with Crippen LogP contribution < -0.4 is 4.90 Å². The maximum absolute atomic E-state index is 12.4. The first kappa shape index (κ1) is 20.3. The van der Waals surface area contributed by atoms with Gasteiger partial charge in [-0.15, -0.1) is 0 Å². The zero-order chi connectivity index (χ0) is 20.3. The second kappa shape index (κ2) is 8.72. The van der Waals surface area contributed by atoms with Gasteiger partial charge >= 0.3 is 0 Å². The van der Waals surface area contributed by atoms with Crippen LogP contribution in [-0.2, 0) is 4.79 Å². The van der Waals surface area contributed by atoms with Crippen LogP contribution in [0.15, 0.2) is 30.3 Å². The minimum absolute atomic E-state index is 0.266. The fraction of sp³-hybridized carbons (Fsp3) is 0.522. The Kier molecular flexibility index (Phi) is 6.32. The number of amides is 1. The quantitative estimate of drug-likeness (QED) is 0.777. The summed E-state index contributed by atoms with van der Waals surface area (Å²) in [5.74, 6) is 2.81. The van der Waals surface area contributed by atoms with Crippen molar-refractivity contribution in [2.24, 2.45) is 5.92 Å². The van der Waals surface area contributed by atoms with Gasteiger partial charge in [0.25, 0.3) is 0 Å². The van der Waals surface area contributed by atoms with E-state index in [9.17, 15) is 4.79 Å². The van der Waals surface area contributed by atoms with E-state index in [0.29, 0.717) is 18.3 Å². The highest BCUT2D eigenvalue weighted by Gasteiger charge is 2.26. The van der Waals surface area contributed by atoms with E-state index in [1.807, 2.05) is 23.1 Å². The maximum Gasteiger partial charge on any atom is 0.222 e. The molecule has 3 rings (SSSR count). The van der Waals surface area contributed by atoms with Crippen molar-refractivity contribution in [1.82, 2.24) is 14.9 Å². The fourth-order valence-corrected chi connectivity index (χ4v) is 3.85. The van der Waals surface area contributed by atoms with Gasteiger partial charge in [0.1, 0.15) is 5.82 Å². The van der Waals surface area contributed by atoms with Gasteiger partial charge in [-0.1, -0.05) is 58.0 Å². The van der Waals surface area contributed by atoms with Crippen LogP contribution in [0, 0.1) is 12.8 Å². The summed E-state index contributed by atoms with van der Waals surface area (Å²) in [5.41, 5.74) is 3.28. The molecule has 0 spiro atoms. The van der Waals surface area contributed by atoms with Crippen LogP contribution in [0.4, 0.5) is 5.82 Å². The van der Waals surface area contributed by atoms with Crippen molar-refractivity contribution < 1.29 is 4.79 Å². The molecule has 150 valence electrons. The Balaban J connectivity index is 1.87. The Labute approximate surface area is 168 Å². The lowest BCUT2D eigenvalue weighted by molar-refractivity contribution is -0.132. The molecule has 2 heterocycles. The van der Waals surface area contributed by atoms with Gasteiger partial charge in [-0.2, -0.15) is 0 Å². The van der Waals surface area contributed by atoms with Gasteiger partial charge in [0.05, 0.1) is 0 Å². The summed E-state index contributed by atoms with van der Waals surface area (Å²) in [6, 6.07) is 10.1. The topological polar surface area (TPSA) is 49.3 Å². The Hall–Kier alpha value is -2.43. The van der Waals surface area contributed by atoms with Crippen LogP contribution >= 0.6 is 0 Å². The monoisotopic (exact) mass is 380 g/mol. The third-order valence-corrected chi connectivity index (χ3v) is 5.24. The smallest absolute Gasteiger partial charge is 0.222 e. The highest BCUT2D eigenvalue weighted by atomic mass is 16.2. The van der Waals surface area contributed by atoms with E-state index in [0.717, 1.165) is 49.1 Å². The fourth-order valence-electron chi connectivity index (χ4n) is 3.85. The lowest BCUT2D eigenvalue weighted by atomic mass is 10.0. The number of aromatic nitrogens is 2. The number of hydrogen-bond acceptors (Lipinski definition) is 4. The van der Waals surface area contributed by atoms with Gasteiger partial charge in [-0.25, -0.2) is 9.97 Å². The number of carbonyl (C=O) groups is 1. The summed E-state index contributed by atoms with van der Waals surface area (Å²) in [7, 11) is 0. The third-order valence-electron chi connectivity index (χ3n) is 5.24. The summed E-state index contributed by atoms with van der Waals surface area (Å²) >= 11 is 0. The van der Waals surface area contributed by atoms with E-state index in [-0.39, 0.29) is 5.91 Å². The number of nitrogens with zero attached hydrogens (tertiary/aromatic N) is 4. The predicted molar refractivity (Wildman–Crippen MR) is 115 cm³/mol. The molecule has 5 heteroatoms. The molecule has 2 aromatic rings. The molecule has 1 saturated heterocycles. The molecule has 1 aliphatic heterocycles. The SMILES string of the molecule is Cc1nc(-c2ccccc2)nc(N2CCN(C(=O)CC(C)C)CC2)c1C(C)C. The Morgan fingerprint density at radius 1 is 1.00 bits per heavy atom. The normalized spacial score (nSPS) is 14.8. The molecule has 1 aromatic carbocycles. The molecule has 0 saturated carbocycles. The molecule has 0 unspecified atom stereocenters. The molecule has 1 amide bonds. The highest BCUT2D eigenvalue weighted by molar-refractivity contribution is 5.76. The number of rotatable bonds is 5. The minimum atomic E-state index is 0.266. The summed E-state index contributed by atoms with van der Waals surface area (Å²) in [6.07, 6.45) is 0.627. The number of hydrogen-bond donors (Lipinski definition) is 0. The van der Waals surface area contributed by atoms with Crippen molar-refractivity contribution in [1.29, 1.82) is 0 Å². The molecular formula is C23H32N4O. The number of anilines is 1. The average molecular weight is 381 g/mol. The molecule has 0 atom stereocenters. The standard InChI is InChI=1S/C23H32N4O/c1-16(2)15-20(28)26-11-13-27(14-12-26)23-21(17(3)4)18(5)24-22(25-23)19-9-7-6-8-10-19/h6-10,16-17H,11-15H2,1-5H3. The van der Waals surface area contributed by atoms with Gasteiger partial charge in [-0.05, 0) is 18.8 Å². The van der Waals surface area contributed by atoms with Crippen LogP contribution in [0.3, 0.4) is 0 Å². The predicted octanol–water partition coefficient (Wildman–Crippen LogP) is 4.27. The first-order valence-corrected chi connectivity index (χ1v) is 10.3. The Bertz CT molecular complexity index is 809. The molecule has 1 aliphatic rings. The Morgan fingerprint density at radius 2 is 1.64 bits per heavy atom. The molecule has 0 bridgehead atoms. The van der Waals surface area contributed by atoms with E-state index in [4.69, 9.17) is 9.97 Å². The van der Waals surface area contributed by atoms with Gasteiger partial charge in [-0.3, -0.25) is 4.79 Å². The molecule has 0 N–H and O–H groups in total. The van der Waals surface area contributed by atoms with Crippen LogP contribution in [0.2, 0.25) is 0 Å². The molecular weight excluding hydrogens is 348 g/mol. The molecule has 28 heavy (non-hydrogen) atoms.